The van der Waals surface area contributed by atoms with Crippen molar-refractivity contribution < 1.29 is 0 Å². The van der Waals surface area contributed by atoms with Crippen LogP contribution in [0, 0.1) is 5.92 Å². The van der Waals surface area contributed by atoms with Gasteiger partial charge in [-0.3, -0.25) is 9.88 Å². The fourth-order valence-corrected chi connectivity index (χ4v) is 3.57. The third-order valence-corrected chi connectivity index (χ3v) is 4.62. The van der Waals surface area contributed by atoms with Crippen molar-refractivity contribution in [2.45, 2.75) is 25.8 Å². The second-order valence-corrected chi connectivity index (χ2v) is 6.13. The minimum Gasteiger partial charge on any atom is -0.316 e. The number of nitrogens with one attached hydrogen (secondary N) is 1. The maximum absolute atomic E-state index is 4.48. The molecule has 0 saturated carbocycles. The molecule has 2 heterocycles. The lowest BCUT2D eigenvalue weighted by Crippen LogP contribution is -2.29. The monoisotopic (exact) mass is 283 g/mol. The number of benzene rings is 1. The number of likely N-dealkylation sites (tertiary alicyclic amines) is 1. The molecule has 1 aliphatic rings. The molecule has 1 aromatic carbocycles. The summed E-state index contributed by atoms with van der Waals surface area (Å²) in [6.45, 7) is 5.61. The largest absolute Gasteiger partial charge is 0.316 e. The molecule has 1 saturated heterocycles. The molecule has 3 heteroatoms. The molecule has 3 nitrogen and oxygen atoms in total. The second kappa shape index (κ2) is 6.54. The van der Waals surface area contributed by atoms with E-state index in [-0.39, 0.29) is 0 Å². The Labute approximate surface area is 127 Å². The Kier molecular flexibility index (Phi) is 4.51. The van der Waals surface area contributed by atoms with E-state index in [0.717, 1.165) is 13.1 Å². The predicted octanol–water partition coefficient (Wildman–Crippen LogP) is 3.23. The van der Waals surface area contributed by atoms with Gasteiger partial charge in [-0.15, -0.1) is 0 Å². The van der Waals surface area contributed by atoms with Crippen LogP contribution in [0.3, 0.4) is 0 Å². The quantitative estimate of drug-likeness (QED) is 0.854. The van der Waals surface area contributed by atoms with E-state index in [9.17, 15) is 0 Å². The fourth-order valence-electron chi connectivity index (χ4n) is 3.57. The molecule has 0 spiro atoms. The van der Waals surface area contributed by atoms with E-state index in [0.29, 0.717) is 12.0 Å². The fraction of sp³-hybridized carbons (Fsp3) is 0.500. The molecule has 2 aromatic rings. The maximum Gasteiger partial charge on any atom is 0.0407 e. The first-order valence-corrected chi connectivity index (χ1v) is 8.05. The van der Waals surface area contributed by atoms with Crippen LogP contribution in [0.25, 0.3) is 10.8 Å². The van der Waals surface area contributed by atoms with Crippen LogP contribution in [-0.2, 0) is 0 Å². The summed E-state index contributed by atoms with van der Waals surface area (Å²) in [6, 6.07) is 9.09. The van der Waals surface area contributed by atoms with Crippen molar-refractivity contribution in [2.24, 2.45) is 5.92 Å². The molecule has 3 rings (SSSR count). The lowest BCUT2D eigenvalue weighted by Gasteiger charge is -2.26. The average molecular weight is 283 g/mol. The summed E-state index contributed by atoms with van der Waals surface area (Å²) in [5, 5.41) is 6.20. The molecule has 1 aromatic heterocycles. The molecule has 112 valence electrons. The van der Waals surface area contributed by atoms with Gasteiger partial charge in [-0.1, -0.05) is 31.2 Å². The van der Waals surface area contributed by atoms with Gasteiger partial charge in [0, 0.05) is 23.8 Å². The highest BCUT2D eigenvalue weighted by molar-refractivity contribution is 5.85. The summed E-state index contributed by atoms with van der Waals surface area (Å²) < 4.78 is 0. The molecule has 21 heavy (non-hydrogen) atoms. The summed E-state index contributed by atoms with van der Waals surface area (Å²) in [5.74, 6) is 0.675. The van der Waals surface area contributed by atoms with E-state index in [1.54, 1.807) is 0 Å². The van der Waals surface area contributed by atoms with Crippen LogP contribution in [0.2, 0.25) is 0 Å². The van der Waals surface area contributed by atoms with Crippen LogP contribution in [0.1, 0.15) is 31.4 Å². The molecule has 1 N–H and O–H groups in total. The smallest absolute Gasteiger partial charge is 0.0407 e. The molecule has 2 unspecified atom stereocenters. The van der Waals surface area contributed by atoms with Gasteiger partial charge in [-0.2, -0.15) is 0 Å². The van der Waals surface area contributed by atoms with Crippen LogP contribution in [0.15, 0.2) is 36.7 Å². The van der Waals surface area contributed by atoms with Crippen molar-refractivity contribution in [2.75, 3.05) is 26.7 Å². The zero-order chi connectivity index (χ0) is 14.7. The Morgan fingerprint density at radius 3 is 3.00 bits per heavy atom. The van der Waals surface area contributed by atoms with Crippen LogP contribution in [0.4, 0.5) is 0 Å². The average Bonchev–Trinajstić information content (AvgIpc) is 2.88. The maximum atomic E-state index is 4.48. The first-order valence-electron chi connectivity index (χ1n) is 8.05. The van der Waals surface area contributed by atoms with Gasteiger partial charge < -0.3 is 5.32 Å². The highest BCUT2D eigenvalue weighted by Gasteiger charge is 2.33. The summed E-state index contributed by atoms with van der Waals surface area (Å²) >= 11 is 0. The van der Waals surface area contributed by atoms with Gasteiger partial charge >= 0.3 is 0 Å². The third-order valence-electron chi connectivity index (χ3n) is 4.62. The van der Waals surface area contributed by atoms with Gasteiger partial charge in [0.05, 0.1) is 0 Å². The first-order chi connectivity index (χ1) is 10.3. The molecule has 1 fully saturated rings. The molecule has 0 radical (unpaired) electrons. The summed E-state index contributed by atoms with van der Waals surface area (Å²) in [6.07, 6.45) is 6.50. The van der Waals surface area contributed by atoms with Gasteiger partial charge in [0.25, 0.3) is 0 Å². The number of rotatable bonds is 5. The minimum absolute atomic E-state index is 0.480. The van der Waals surface area contributed by atoms with Crippen molar-refractivity contribution in [1.29, 1.82) is 0 Å². The summed E-state index contributed by atoms with van der Waals surface area (Å²) in [4.78, 5) is 6.96. The molecule has 0 amide bonds. The Morgan fingerprint density at radius 2 is 2.14 bits per heavy atom. The Balaban J connectivity index is 1.91. The third kappa shape index (κ3) is 2.94. The van der Waals surface area contributed by atoms with Crippen molar-refractivity contribution in [1.82, 2.24) is 15.2 Å². The number of nitrogens with zero attached hydrogens (tertiary/aromatic N) is 2. The van der Waals surface area contributed by atoms with Crippen LogP contribution in [-0.4, -0.2) is 36.6 Å². The summed E-state index contributed by atoms with van der Waals surface area (Å²) in [5.41, 5.74) is 1.39. The molecule has 1 aliphatic heterocycles. The van der Waals surface area contributed by atoms with Crippen molar-refractivity contribution in [3.63, 3.8) is 0 Å². The SMILES string of the molecule is CCCNCC1CCN(C)C1c1cncc2ccccc12. The number of pyridine rings is 1. The Hall–Kier alpha value is -1.45. The highest BCUT2D eigenvalue weighted by atomic mass is 15.2. The molecule has 0 aliphatic carbocycles. The lowest BCUT2D eigenvalue weighted by atomic mass is 9.91. The Morgan fingerprint density at radius 1 is 1.29 bits per heavy atom. The van der Waals surface area contributed by atoms with E-state index < -0.39 is 0 Å². The highest BCUT2D eigenvalue weighted by Crippen LogP contribution is 2.38. The van der Waals surface area contributed by atoms with Gasteiger partial charge in [-0.25, -0.2) is 0 Å². The van der Waals surface area contributed by atoms with Crippen LogP contribution in [0.5, 0.6) is 0 Å². The van der Waals surface area contributed by atoms with Gasteiger partial charge in [-0.05, 0) is 56.4 Å². The molecular weight excluding hydrogens is 258 g/mol. The van der Waals surface area contributed by atoms with Gasteiger partial charge in [0.15, 0.2) is 0 Å². The van der Waals surface area contributed by atoms with Crippen LogP contribution >= 0.6 is 0 Å². The minimum atomic E-state index is 0.480. The second-order valence-electron chi connectivity index (χ2n) is 6.13. The predicted molar refractivity (Wildman–Crippen MR) is 88.4 cm³/mol. The van der Waals surface area contributed by atoms with E-state index in [2.05, 4.69) is 59.6 Å². The van der Waals surface area contributed by atoms with Crippen molar-refractivity contribution in [3.05, 3.63) is 42.2 Å². The number of aromatic nitrogens is 1. The van der Waals surface area contributed by atoms with Crippen molar-refractivity contribution in [3.8, 4) is 0 Å². The molecule has 2 atom stereocenters. The van der Waals surface area contributed by atoms with Gasteiger partial charge in [0.1, 0.15) is 0 Å². The number of hydrogen-bond donors (Lipinski definition) is 1. The summed E-state index contributed by atoms with van der Waals surface area (Å²) in [7, 11) is 2.24. The molecular formula is C18H25N3. The zero-order valence-electron chi connectivity index (χ0n) is 13.0. The number of hydrogen-bond acceptors (Lipinski definition) is 3. The van der Waals surface area contributed by atoms with Gasteiger partial charge in [0.2, 0.25) is 0 Å². The lowest BCUT2D eigenvalue weighted by molar-refractivity contribution is 0.273. The zero-order valence-corrected chi connectivity index (χ0v) is 13.0. The van der Waals surface area contributed by atoms with Crippen molar-refractivity contribution >= 4 is 10.8 Å². The van der Waals surface area contributed by atoms with Crippen LogP contribution < -0.4 is 5.32 Å². The first kappa shape index (κ1) is 14.5. The number of fused-ring (bicyclic) bond motifs is 1. The normalized spacial score (nSPS) is 23.0. The van der Waals surface area contributed by atoms with E-state index in [1.807, 2.05) is 6.20 Å². The van der Waals surface area contributed by atoms with E-state index in [1.165, 1.54) is 35.7 Å². The standard InChI is InChI=1S/C18H25N3/c1-3-9-19-12-15-8-10-21(2)18(15)17-13-20-11-14-6-4-5-7-16(14)17/h4-7,11,13,15,18-19H,3,8-10,12H2,1-2H3. The topological polar surface area (TPSA) is 28.2 Å². The van der Waals surface area contributed by atoms with E-state index >= 15 is 0 Å². The van der Waals surface area contributed by atoms with E-state index in [4.69, 9.17) is 0 Å². The molecule has 0 bridgehead atoms. The Bertz CT molecular complexity index is 591.